The van der Waals surface area contributed by atoms with Gasteiger partial charge in [0.1, 0.15) is 6.10 Å². The Labute approximate surface area is 125 Å². The molecule has 1 aromatic carbocycles. The van der Waals surface area contributed by atoms with Crippen LogP contribution in [0.5, 0.6) is 0 Å². The summed E-state index contributed by atoms with van der Waals surface area (Å²) in [5.41, 5.74) is -0.474. The standard InChI is InChI=1S/C12H13Cl2NO5/c1-3-19-6-7(2)20-12(16)9-4-8(15(17)18)5-10(13)11(9)14/h4-5,7H,3,6H2,1-2H3. The largest absolute Gasteiger partial charge is 0.457 e. The predicted molar refractivity (Wildman–Crippen MR) is 74.5 cm³/mol. The number of halogens is 2. The lowest BCUT2D eigenvalue weighted by molar-refractivity contribution is -0.384. The third-order valence-electron chi connectivity index (χ3n) is 2.31. The molecule has 1 aromatic rings. The second-order valence-electron chi connectivity index (χ2n) is 3.92. The summed E-state index contributed by atoms with van der Waals surface area (Å²) < 4.78 is 10.2. The Morgan fingerprint density at radius 1 is 1.45 bits per heavy atom. The zero-order valence-corrected chi connectivity index (χ0v) is 12.4. The van der Waals surface area contributed by atoms with Crippen molar-refractivity contribution in [3.63, 3.8) is 0 Å². The second-order valence-corrected chi connectivity index (χ2v) is 4.71. The number of rotatable bonds is 6. The Morgan fingerprint density at radius 3 is 2.65 bits per heavy atom. The Balaban J connectivity index is 2.94. The van der Waals surface area contributed by atoms with Crippen LogP contribution < -0.4 is 0 Å². The van der Waals surface area contributed by atoms with Crippen LogP contribution in [0.2, 0.25) is 10.0 Å². The maximum Gasteiger partial charge on any atom is 0.340 e. The van der Waals surface area contributed by atoms with Gasteiger partial charge in [-0.3, -0.25) is 10.1 Å². The Hall–Kier alpha value is -1.37. The highest BCUT2D eigenvalue weighted by molar-refractivity contribution is 6.43. The van der Waals surface area contributed by atoms with E-state index in [1.807, 2.05) is 6.92 Å². The van der Waals surface area contributed by atoms with E-state index >= 15 is 0 Å². The number of non-ortho nitro benzene ring substituents is 1. The molecule has 0 amide bonds. The van der Waals surface area contributed by atoms with E-state index in [1.165, 1.54) is 0 Å². The highest BCUT2D eigenvalue weighted by atomic mass is 35.5. The van der Waals surface area contributed by atoms with Gasteiger partial charge in [0.05, 0.1) is 27.1 Å². The number of esters is 1. The summed E-state index contributed by atoms with van der Waals surface area (Å²) in [6.45, 7) is 4.17. The van der Waals surface area contributed by atoms with Crippen molar-refractivity contribution < 1.29 is 19.2 Å². The van der Waals surface area contributed by atoms with Crippen molar-refractivity contribution in [3.8, 4) is 0 Å². The third kappa shape index (κ3) is 4.33. The molecule has 0 aliphatic heterocycles. The Bertz CT molecular complexity index is 521. The Morgan fingerprint density at radius 2 is 2.10 bits per heavy atom. The molecule has 0 saturated carbocycles. The van der Waals surface area contributed by atoms with Gasteiger partial charge >= 0.3 is 5.97 Å². The number of benzene rings is 1. The van der Waals surface area contributed by atoms with Gasteiger partial charge in [-0.15, -0.1) is 0 Å². The van der Waals surface area contributed by atoms with Gasteiger partial charge in [0, 0.05) is 18.7 Å². The normalized spacial score (nSPS) is 12.0. The van der Waals surface area contributed by atoms with E-state index in [4.69, 9.17) is 32.7 Å². The van der Waals surface area contributed by atoms with Gasteiger partial charge < -0.3 is 9.47 Å². The van der Waals surface area contributed by atoms with Gasteiger partial charge in [-0.2, -0.15) is 0 Å². The van der Waals surface area contributed by atoms with Crippen LogP contribution in [-0.4, -0.2) is 30.2 Å². The molecule has 0 aromatic heterocycles. The number of hydrogen-bond donors (Lipinski definition) is 0. The molecule has 1 unspecified atom stereocenters. The minimum absolute atomic E-state index is 0.0779. The lowest BCUT2D eigenvalue weighted by Gasteiger charge is -2.13. The van der Waals surface area contributed by atoms with Crippen molar-refractivity contribution in [1.29, 1.82) is 0 Å². The molecule has 0 radical (unpaired) electrons. The number of nitro benzene ring substituents is 1. The molecule has 0 N–H and O–H groups in total. The number of ether oxygens (including phenoxy) is 2. The first-order valence-corrected chi connectivity index (χ1v) is 6.54. The van der Waals surface area contributed by atoms with Crippen molar-refractivity contribution in [2.75, 3.05) is 13.2 Å². The van der Waals surface area contributed by atoms with Crippen LogP contribution in [0.25, 0.3) is 0 Å². The van der Waals surface area contributed by atoms with E-state index in [0.717, 1.165) is 12.1 Å². The first-order valence-electron chi connectivity index (χ1n) is 5.79. The molecule has 1 rings (SSSR count). The summed E-state index contributed by atoms with van der Waals surface area (Å²) in [4.78, 5) is 22.0. The summed E-state index contributed by atoms with van der Waals surface area (Å²) in [6, 6.07) is 2.11. The molecule has 110 valence electrons. The molecule has 0 fully saturated rings. The van der Waals surface area contributed by atoms with Crippen molar-refractivity contribution in [3.05, 3.63) is 37.9 Å². The van der Waals surface area contributed by atoms with E-state index in [9.17, 15) is 14.9 Å². The van der Waals surface area contributed by atoms with E-state index in [1.54, 1.807) is 6.92 Å². The monoisotopic (exact) mass is 321 g/mol. The molecule has 0 aliphatic rings. The van der Waals surface area contributed by atoms with Crippen LogP contribution in [0.3, 0.4) is 0 Å². The molecule has 0 spiro atoms. The quantitative estimate of drug-likeness (QED) is 0.455. The van der Waals surface area contributed by atoms with Crippen LogP contribution >= 0.6 is 23.2 Å². The van der Waals surface area contributed by atoms with Crippen LogP contribution in [0.15, 0.2) is 12.1 Å². The molecule has 1 atom stereocenters. The average Bonchev–Trinajstić information content (AvgIpc) is 2.38. The first-order chi connectivity index (χ1) is 9.36. The van der Waals surface area contributed by atoms with Crippen LogP contribution in [0.1, 0.15) is 24.2 Å². The van der Waals surface area contributed by atoms with Crippen molar-refractivity contribution in [2.45, 2.75) is 20.0 Å². The first kappa shape index (κ1) is 16.7. The fourth-order valence-corrected chi connectivity index (χ4v) is 1.79. The van der Waals surface area contributed by atoms with Crippen LogP contribution in [-0.2, 0) is 9.47 Å². The number of carbonyl (C=O) groups is 1. The summed E-state index contributed by atoms with van der Waals surface area (Å²) >= 11 is 11.6. The molecule has 0 saturated heterocycles. The highest BCUT2D eigenvalue weighted by Crippen LogP contribution is 2.31. The molecule has 0 heterocycles. The summed E-state index contributed by atoms with van der Waals surface area (Å²) in [6.07, 6.45) is -0.503. The van der Waals surface area contributed by atoms with Crippen molar-refractivity contribution in [2.24, 2.45) is 0 Å². The number of carbonyl (C=O) groups excluding carboxylic acids is 1. The van der Waals surface area contributed by atoms with Crippen molar-refractivity contribution in [1.82, 2.24) is 0 Å². The fourth-order valence-electron chi connectivity index (χ4n) is 1.39. The SMILES string of the molecule is CCOCC(C)OC(=O)c1cc([N+](=O)[O-])cc(Cl)c1Cl. The number of nitrogens with zero attached hydrogens (tertiary/aromatic N) is 1. The van der Waals surface area contributed by atoms with Gasteiger partial charge in [-0.05, 0) is 13.8 Å². The lowest BCUT2D eigenvalue weighted by atomic mass is 10.2. The molecule has 0 bridgehead atoms. The van der Waals surface area contributed by atoms with E-state index in [-0.39, 0.29) is 27.9 Å². The van der Waals surface area contributed by atoms with Gasteiger partial charge in [-0.25, -0.2) is 4.79 Å². The molecule has 6 nitrogen and oxygen atoms in total. The minimum Gasteiger partial charge on any atom is -0.457 e. The lowest BCUT2D eigenvalue weighted by Crippen LogP contribution is -2.20. The molecule has 20 heavy (non-hydrogen) atoms. The minimum atomic E-state index is -0.784. The van der Waals surface area contributed by atoms with Gasteiger partial charge in [0.15, 0.2) is 0 Å². The summed E-state index contributed by atoms with van der Waals surface area (Å²) in [5, 5.41) is 10.6. The molecule has 8 heteroatoms. The van der Waals surface area contributed by atoms with Gasteiger partial charge in [-0.1, -0.05) is 23.2 Å². The smallest absolute Gasteiger partial charge is 0.340 e. The third-order valence-corrected chi connectivity index (χ3v) is 3.11. The predicted octanol–water partition coefficient (Wildman–Crippen LogP) is 3.48. The number of nitro groups is 1. The fraction of sp³-hybridized carbons (Fsp3) is 0.417. The van der Waals surface area contributed by atoms with E-state index in [2.05, 4.69) is 0 Å². The Kier molecular flexibility index (Phi) is 6.19. The second kappa shape index (κ2) is 7.42. The maximum atomic E-state index is 11.9. The molecular weight excluding hydrogens is 309 g/mol. The highest BCUT2D eigenvalue weighted by Gasteiger charge is 2.22. The van der Waals surface area contributed by atoms with E-state index in [0.29, 0.717) is 6.61 Å². The van der Waals surface area contributed by atoms with E-state index < -0.39 is 17.0 Å². The number of hydrogen-bond acceptors (Lipinski definition) is 5. The molecular formula is C12H13Cl2NO5. The van der Waals surface area contributed by atoms with Gasteiger partial charge in [0.25, 0.3) is 5.69 Å². The average molecular weight is 322 g/mol. The van der Waals surface area contributed by atoms with Crippen LogP contribution in [0, 0.1) is 10.1 Å². The zero-order chi connectivity index (χ0) is 15.3. The van der Waals surface area contributed by atoms with Gasteiger partial charge in [0.2, 0.25) is 0 Å². The topological polar surface area (TPSA) is 78.7 Å². The molecule has 0 aliphatic carbocycles. The maximum absolute atomic E-state index is 11.9. The summed E-state index contributed by atoms with van der Waals surface area (Å²) in [7, 11) is 0. The zero-order valence-electron chi connectivity index (χ0n) is 10.9. The van der Waals surface area contributed by atoms with Crippen molar-refractivity contribution >= 4 is 34.9 Å². The summed E-state index contributed by atoms with van der Waals surface area (Å²) in [5.74, 6) is -0.784. The van der Waals surface area contributed by atoms with Crippen LogP contribution in [0.4, 0.5) is 5.69 Å².